The van der Waals surface area contributed by atoms with Crippen molar-refractivity contribution < 1.29 is 19.4 Å². The second-order valence-electron chi connectivity index (χ2n) is 4.49. The smallest absolute Gasteiger partial charge is 0.303 e. The summed E-state index contributed by atoms with van der Waals surface area (Å²) in [6, 6.07) is -0.673. The third kappa shape index (κ3) is 4.70. The molecule has 4 N–H and O–H groups in total. The van der Waals surface area contributed by atoms with Gasteiger partial charge in [0.1, 0.15) is 0 Å². The van der Waals surface area contributed by atoms with Crippen molar-refractivity contribution in [3.8, 4) is 0 Å². The Morgan fingerprint density at radius 3 is 2.88 bits per heavy atom. The lowest BCUT2D eigenvalue weighted by molar-refractivity contribution is -0.137. The standard InChI is InChI=1S/C11H20N2O4/c1-7-6-17-5-4-9(7)13-11(16)8(12)2-3-10(14)15/h7-9H,2-6,12H2,1H3,(H,13,16)(H,14,15). The van der Waals surface area contributed by atoms with E-state index in [1.807, 2.05) is 6.92 Å². The Labute approximate surface area is 101 Å². The molecule has 1 aliphatic heterocycles. The number of aliphatic carboxylic acids is 1. The molecule has 98 valence electrons. The molecule has 1 fully saturated rings. The summed E-state index contributed by atoms with van der Waals surface area (Å²) in [6.07, 6.45) is 0.856. The summed E-state index contributed by atoms with van der Waals surface area (Å²) in [5, 5.41) is 11.4. The van der Waals surface area contributed by atoms with Crippen LogP contribution in [0.3, 0.4) is 0 Å². The van der Waals surface area contributed by atoms with E-state index in [9.17, 15) is 9.59 Å². The summed E-state index contributed by atoms with van der Waals surface area (Å²) in [4.78, 5) is 22.1. The van der Waals surface area contributed by atoms with Gasteiger partial charge in [-0.2, -0.15) is 0 Å². The normalized spacial score (nSPS) is 26.2. The van der Waals surface area contributed by atoms with Gasteiger partial charge < -0.3 is 20.9 Å². The summed E-state index contributed by atoms with van der Waals surface area (Å²) in [7, 11) is 0. The van der Waals surface area contributed by atoms with E-state index >= 15 is 0 Å². The Morgan fingerprint density at radius 2 is 2.29 bits per heavy atom. The van der Waals surface area contributed by atoms with Crippen LogP contribution >= 0.6 is 0 Å². The first kappa shape index (κ1) is 13.9. The minimum absolute atomic E-state index is 0.0760. The number of carbonyl (C=O) groups is 2. The molecule has 1 heterocycles. The van der Waals surface area contributed by atoms with Gasteiger partial charge >= 0.3 is 5.97 Å². The van der Waals surface area contributed by atoms with Gasteiger partial charge in [0.25, 0.3) is 0 Å². The molecule has 1 saturated heterocycles. The Balaban J connectivity index is 2.34. The van der Waals surface area contributed by atoms with Crippen LogP contribution in [0.15, 0.2) is 0 Å². The van der Waals surface area contributed by atoms with Gasteiger partial charge in [-0.15, -0.1) is 0 Å². The molecule has 0 aromatic carbocycles. The van der Waals surface area contributed by atoms with Crippen LogP contribution in [0.25, 0.3) is 0 Å². The number of ether oxygens (including phenoxy) is 1. The van der Waals surface area contributed by atoms with E-state index in [1.165, 1.54) is 0 Å². The van der Waals surface area contributed by atoms with Crippen molar-refractivity contribution in [2.45, 2.75) is 38.3 Å². The zero-order valence-electron chi connectivity index (χ0n) is 10.0. The molecule has 1 rings (SSSR count). The van der Waals surface area contributed by atoms with Gasteiger partial charge in [-0.3, -0.25) is 9.59 Å². The fraction of sp³-hybridized carbons (Fsp3) is 0.818. The van der Waals surface area contributed by atoms with Crippen LogP contribution in [0.5, 0.6) is 0 Å². The van der Waals surface area contributed by atoms with Crippen LogP contribution in [-0.2, 0) is 14.3 Å². The van der Waals surface area contributed by atoms with Gasteiger partial charge in [0.15, 0.2) is 0 Å². The molecule has 0 aromatic rings. The second-order valence-corrected chi connectivity index (χ2v) is 4.49. The van der Waals surface area contributed by atoms with Crippen molar-refractivity contribution >= 4 is 11.9 Å². The number of nitrogens with two attached hydrogens (primary N) is 1. The molecular weight excluding hydrogens is 224 g/mol. The average molecular weight is 244 g/mol. The maximum Gasteiger partial charge on any atom is 0.303 e. The molecule has 0 aliphatic carbocycles. The van der Waals surface area contributed by atoms with Crippen molar-refractivity contribution in [1.82, 2.24) is 5.32 Å². The van der Waals surface area contributed by atoms with Crippen LogP contribution in [0.1, 0.15) is 26.2 Å². The van der Waals surface area contributed by atoms with Crippen LogP contribution in [0, 0.1) is 5.92 Å². The first-order valence-electron chi connectivity index (χ1n) is 5.86. The monoisotopic (exact) mass is 244 g/mol. The predicted molar refractivity (Wildman–Crippen MR) is 61.4 cm³/mol. The third-order valence-corrected chi connectivity index (χ3v) is 2.97. The van der Waals surface area contributed by atoms with Crippen LogP contribution in [-0.4, -0.2) is 42.3 Å². The summed E-state index contributed by atoms with van der Waals surface area (Å²) in [5.74, 6) is -0.947. The highest BCUT2D eigenvalue weighted by Gasteiger charge is 2.25. The summed E-state index contributed by atoms with van der Waals surface area (Å²) >= 11 is 0. The Morgan fingerprint density at radius 1 is 1.59 bits per heavy atom. The molecule has 6 heteroatoms. The fourth-order valence-corrected chi connectivity index (χ4v) is 1.79. The number of hydrogen-bond donors (Lipinski definition) is 3. The van der Waals surface area contributed by atoms with Gasteiger partial charge in [0.05, 0.1) is 12.6 Å². The maximum absolute atomic E-state index is 11.7. The molecule has 17 heavy (non-hydrogen) atoms. The van der Waals surface area contributed by atoms with Crippen LogP contribution in [0.2, 0.25) is 0 Å². The molecule has 0 bridgehead atoms. The third-order valence-electron chi connectivity index (χ3n) is 2.97. The maximum atomic E-state index is 11.7. The quantitative estimate of drug-likeness (QED) is 0.617. The molecule has 3 atom stereocenters. The molecule has 0 radical (unpaired) electrons. The largest absolute Gasteiger partial charge is 0.481 e. The van der Waals surface area contributed by atoms with Gasteiger partial charge in [-0.1, -0.05) is 6.92 Å². The number of hydrogen-bond acceptors (Lipinski definition) is 4. The molecular formula is C11H20N2O4. The van der Waals surface area contributed by atoms with Crippen molar-refractivity contribution in [2.24, 2.45) is 11.7 Å². The SMILES string of the molecule is CC1COCCC1NC(=O)C(N)CCC(=O)O. The van der Waals surface area contributed by atoms with E-state index in [-0.39, 0.29) is 30.7 Å². The van der Waals surface area contributed by atoms with E-state index in [2.05, 4.69) is 5.32 Å². The average Bonchev–Trinajstić information content (AvgIpc) is 2.28. The zero-order chi connectivity index (χ0) is 12.8. The molecule has 1 amide bonds. The molecule has 6 nitrogen and oxygen atoms in total. The van der Waals surface area contributed by atoms with Gasteiger partial charge in [-0.05, 0) is 18.8 Å². The van der Waals surface area contributed by atoms with Gasteiger partial charge in [0, 0.05) is 19.1 Å². The number of carbonyl (C=O) groups excluding carboxylic acids is 1. The van der Waals surface area contributed by atoms with Crippen molar-refractivity contribution in [3.63, 3.8) is 0 Å². The van der Waals surface area contributed by atoms with Crippen LogP contribution in [0.4, 0.5) is 0 Å². The lowest BCUT2D eigenvalue weighted by atomic mass is 9.97. The van der Waals surface area contributed by atoms with E-state index < -0.39 is 12.0 Å². The van der Waals surface area contributed by atoms with Crippen molar-refractivity contribution in [3.05, 3.63) is 0 Å². The Kier molecular flexibility index (Phi) is 5.37. The number of carboxylic acid groups (broad SMARTS) is 1. The highest BCUT2D eigenvalue weighted by atomic mass is 16.5. The molecule has 0 spiro atoms. The summed E-state index contributed by atoms with van der Waals surface area (Å²) in [5.41, 5.74) is 5.62. The van der Waals surface area contributed by atoms with Gasteiger partial charge in [0.2, 0.25) is 5.91 Å². The summed E-state index contributed by atoms with van der Waals surface area (Å²) < 4.78 is 5.27. The molecule has 0 aromatic heterocycles. The molecule has 1 aliphatic rings. The van der Waals surface area contributed by atoms with E-state index in [0.717, 1.165) is 6.42 Å². The number of carboxylic acids is 1. The lowest BCUT2D eigenvalue weighted by Crippen LogP contribution is -2.50. The predicted octanol–water partition coefficient (Wildman–Crippen LogP) is -0.280. The van der Waals surface area contributed by atoms with E-state index in [4.69, 9.17) is 15.6 Å². The topological polar surface area (TPSA) is 102 Å². The van der Waals surface area contributed by atoms with E-state index in [1.54, 1.807) is 0 Å². The molecule has 3 unspecified atom stereocenters. The number of rotatable bonds is 5. The van der Waals surface area contributed by atoms with E-state index in [0.29, 0.717) is 13.2 Å². The first-order chi connectivity index (χ1) is 8.00. The first-order valence-corrected chi connectivity index (χ1v) is 5.86. The lowest BCUT2D eigenvalue weighted by Gasteiger charge is -2.30. The highest BCUT2D eigenvalue weighted by molar-refractivity contribution is 5.82. The van der Waals surface area contributed by atoms with Gasteiger partial charge in [-0.25, -0.2) is 0 Å². The fourth-order valence-electron chi connectivity index (χ4n) is 1.79. The Bertz CT molecular complexity index is 283. The Hall–Kier alpha value is -1.14. The number of nitrogens with one attached hydrogen (secondary N) is 1. The zero-order valence-corrected chi connectivity index (χ0v) is 10.0. The number of amides is 1. The molecule has 0 saturated carbocycles. The summed E-state index contributed by atoms with van der Waals surface area (Å²) in [6.45, 7) is 3.28. The second kappa shape index (κ2) is 6.56. The highest BCUT2D eigenvalue weighted by Crippen LogP contribution is 2.14. The van der Waals surface area contributed by atoms with Crippen molar-refractivity contribution in [2.75, 3.05) is 13.2 Å². The van der Waals surface area contributed by atoms with Crippen LogP contribution < -0.4 is 11.1 Å². The van der Waals surface area contributed by atoms with Crippen molar-refractivity contribution in [1.29, 1.82) is 0 Å². The minimum atomic E-state index is -0.937. The minimum Gasteiger partial charge on any atom is -0.481 e.